The molecule has 3 N–H and O–H groups in total. The SMILES string of the molecule is O=C1Cc2cc(S(=O)(=O)N[C@H]3CCCNC3)c(Br)cc2N1. The molecule has 2 aliphatic heterocycles. The molecule has 1 fully saturated rings. The van der Waals surface area contributed by atoms with Crippen LogP contribution in [0, 0.1) is 0 Å². The summed E-state index contributed by atoms with van der Waals surface area (Å²) >= 11 is 3.28. The van der Waals surface area contributed by atoms with Gasteiger partial charge in [0.1, 0.15) is 0 Å². The Bertz CT molecular complexity index is 684. The molecule has 21 heavy (non-hydrogen) atoms. The van der Waals surface area contributed by atoms with E-state index in [-0.39, 0.29) is 23.3 Å². The molecular formula is C13H16BrN3O3S. The van der Waals surface area contributed by atoms with E-state index in [1.54, 1.807) is 12.1 Å². The number of carbonyl (C=O) groups excluding carboxylic acids is 1. The molecule has 1 amide bonds. The fourth-order valence-electron chi connectivity index (χ4n) is 2.67. The van der Waals surface area contributed by atoms with Gasteiger partial charge in [-0.25, -0.2) is 13.1 Å². The van der Waals surface area contributed by atoms with Crippen LogP contribution in [0.3, 0.4) is 0 Å². The van der Waals surface area contributed by atoms with E-state index in [9.17, 15) is 13.2 Å². The van der Waals surface area contributed by atoms with Gasteiger partial charge in [-0.05, 0) is 53.0 Å². The Balaban J connectivity index is 1.88. The van der Waals surface area contributed by atoms with E-state index in [0.29, 0.717) is 22.3 Å². The molecule has 3 rings (SSSR count). The smallest absolute Gasteiger partial charge is 0.241 e. The molecule has 0 spiro atoms. The van der Waals surface area contributed by atoms with Crippen LogP contribution < -0.4 is 15.4 Å². The molecule has 2 heterocycles. The third-order valence-electron chi connectivity index (χ3n) is 3.69. The summed E-state index contributed by atoms with van der Waals surface area (Å²) in [4.78, 5) is 11.6. The van der Waals surface area contributed by atoms with Crippen molar-refractivity contribution in [3.05, 3.63) is 22.2 Å². The molecule has 2 aliphatic rings. The van der Waals surface area contributed by atoms with Crippen molar-refractivity contribution in [2.75, 3.05) is 18.4 Å². The van der Waals surface area contributed by atoms with Gasteiger partial charge in [0.25, 0.3) is 0 Å². The summed E-state index contributed by atoms with van der Waals surface area (Å²) in [7, 11) is -3.61. The minimum absolute atomic E-state index is 0.0938. The lowest BCUT2D eigenvalue weighted by Gasteiger charge is -2.24. The van der Waals surface area contributed by atoms with Crippen molar-refractivity contribution in [1.29, 1.82) is 0 Å². The van der Waals surface area contributed by atoms with Crippen LogP contribution in [-0.2, 0) is 21.2 Å². The predicted molar refractivity (Wildman–Crippen MR) is 82.7 cm³/mol. The Morgan fingerprint density at radius 1 is 1.33 bits per heavy atom. The Morgan fingerprint density at radius 2 is 2.14 bits per heavy atom. The van der Waals surface area contributed by atoms with Crippen molar-refractivity contribution >= 4 is 37.5 Å². The molecule has 8 heteroatoms. The molecule has 0 saturated carbocycles. The molecule has 1 aromatic rings. The molecule has 1 aromatic carbocycles. The zero-order chi connectivity index (χ0) is 15.0. The van der Waals surface area contributed by atoms with E-state index in [4.69, 9.17) is 0 Å². The Labute approximate surface area is 131 Å². The monoisotopic (exact) mass is 373 g/mol. The highest BCUT2D eigenvalue weighted by Crippen LogP contribution is 2.32. The quantitative estimate of drug-likeness (QED) is 0.736. The van der Waals surface area contributed by atoms with E-state index >= 15 is 0 Å². The van der Waals surface area contributed by atoms with Crippen molar-refractivity contribution in [2.24, 2.45) is 0 Å². The number of benzene rings is 1. The first-order valence-electron chi connectivity index (χ1n) is 6.81. The van der Waals surface area contributed by atoms with Gasteiger partial charge in [0.05, 0.1) is 11.3 Å². The molecule has 6 nitrogen and oxygen atoms in total. The van der Waals surface area contributed by atoms with Gasteiger partial charge in [0.2, 0.25) is 15.9 Å². The normalized spacial score (nSPS) is 22.0. The van der Waals surface area contributed by atoms with Crippen molar-refractivity contribution in [3.8, 4) is 0 Å². The van der Waals surface area contributed by atoms with Crippen molar-refractivity contribution in [2.45, 2.75) is 30.2 Å². The fourth-order valence-corrected chi connectivity index (χ4v) is 5.03. The number of nitrogens with one attached hydrogen (secondary N) is 3. The molecule has 0 bridgehead atoms. The molecule has 114 valence electrons. The molecule has 0 unspecified atom stereocenters. The van der Waals surface area contributed by atoms with Crippen LogP contribution in [0.4, 0.5) is 5.69 Å². The third-order valence-corrected chi connectivity index (χ3v) is 6.17. The van der Waals surface area contributed by atoms with E-state index in [1.165, 1.54) is 0 Å². The Hall–Kier alpha value is -0.960. The molecule has 1 saturated heterocycles. The summed E-state index contributed by atoms with van der Waals surface area (Å²) in [6, 6.07) is 3.12. The number of carbonyl (C=O) groups is 1. The zero-order valence-corrected chi connectivity index (χ0v) is 13.7. The van der Waals surface area contributed by atoms with Gasteiger partial charge < -0.3 is 10.6 Å². The minimum Gasteiger partial charge on any atom is -0.325 e. The van der Waals surface area contributed by atoms with Crippen LogP contribution in [0.15, 0.2) is 21.5 Å². The van der Waals surface area contributed by atoms with Crippen molar-refractivity contribution < 1.29 is 13.2 Å². The maximum atomic E-state index is 12.5. The maximum Gasteiger partial charge on any atom is 0.241 e. The first-order chi connectivity index (χ1) is 9.95. The Kier molecular flexibility index (Phi) is 4.04. The molecule has 0 aliphatic carbocycles. The van der Waals surface area contributed by atoms with Crippen LogP contribution in [0.25, 0.3) is 0 Å². The average molecular weight is 374 g/mol. The summed E-state index contributed by atoms with van der Waals surface area (Å²) in [5.74, 6) is -0.115. The molecule has 0 aromatic heterocycles. The number of rotatable bonds is 3. The van der Waals surface area contributed by atoms with Gasteiger partial charge in [-0.3, -0.25) is 4.79 Å². The summed E-state index contributed by atoms with van der Waals surface area (Å²) in [5.41, 5.74) is 1.38. The van der Waals surface area contributed by atoms with Crippen LogP contribution >= 0.6 is 15.9 Å². The minimum atomic E-state index is -3.61. The number of piperidine rings is 1. The lowest BCUT2D eigenvalue weighted by molar-refractivity contribution is -0.115. The number of hydrogen-bond acceptors (Lipinski definition) is 4. The first kappa shape index (κ1) is 15.0. The lowest BCUT2D eigenvalue weighted by Crippen LogP contribution is -2.45. The lowest BCUT2D eigenvalue weighted by atomic mass is 10.1. The van der Waals surface area contributed by atoms with Crippen LogP contribution in [0.5, 0.6) is 0 Å². The van der Waals surface area contributed by atoms with Gasteiger partial charge in [-0.1, -0.05) is 0 Å². The largest absolute Gasteiger partial charge is 0.325 e. The van der Waals surface area contributed by atoms with E-state index in [1.807, 2.05) is 0 Å². The number of hydrogen-bond donors (Lipinski definition) is 3. The second kappa shape index (κ2) is 5.68. The van der Waals surface area contributed by atoms with E-state index < -0.39 is 10.0 Å². The number of sulfonamides is 1. The van der Waals surface area contributed by atoms with Gasteiger partial charge in [0, 0.05) is 22.7 Å². The number of amides is 1. The van der Waals surface area contributed by atoms with E-state index in [2.05, 4.69) is 31.3 Å². The fraction of sp³-hybridized carbons (Fsp3) is 0.462. The highest BCUT2D eigenvalue weighted by molar-refractivity contribution is 9.10. The van der Waals surface area contributed by atoms with Crippen LogP contribution in [0.1, 0.15) is 18.4 Å². The third kappa shape index (κ3) is 3.13. The van der Waals surface area contributed by atoms with E-state index in [0.717, 1.165) is 19.4 Å². The highest BCUT2D eigenvalue weighted by atomic mass is 79.9. The number of fused-ring (bicyclic) bond motifs is 1. The molecular weight excluding hydrogens is 358 g/mol. The topological polar surface area (TPSA) is 87.3 Å². The average Bonchev–Trinajstić information content (AvgIpc) is 2.77. The summed E-state index contributed by atoms with van der Waals surface area (Å²) < 4.78 is 28.2. The van der Waals surface area contributed by atoms with Crippen molar-refractivity contribution in [1.82, 2.24) is 10.0 Å². The molecule has 0 radical (unpaired) electrons. The van der Waals surface area contributed by atoms with Gasteiger partial charge in [-0.15, -0.1) is 0 Å². The summed E-state index contributed by atoms with van der Waals surface area (Å²) in [6.45, 7) is 1.57. The molecule has 1 atom stereocenters. The second-order valence-electron chi connectivity index (χ2n) is 5.33. The van der Waals surface area contributed by atoms with Gasteiger partial charge in [-0.2, -0.15) is 0 Å². The van der Waals surface area contributed by atoms with Gasteiger partial charge in [0.15, 0.2) is 0 Å². The standard InChI is InChI=1S/C13H16BrN3O3S/c14-10-6-11-8(5-13(18)16-11)4-12(10)21(19,20)17-9-2-1-3-15-7-9/h4,6,9,15,17H,1-3,5,7H2,(H,16,18)/t9-/m0/s1. The Morgan fingerprint density at radius 3 is 2.86 bits per heavy atom. The summed E-state index contributed by atoms with van der Waals surface area (Å²) in [5, 5.41) is 5.88. The number of halogens is 1. The highest BCUT2D eigenvalue weighted by Gasteiger charge is 2.27. The first-order valence-corrected chi connectivity index (χ1v) is 9.08. The predicted octanol–water partition coefficient (Wildman–Crippen LogP) is 0.974. The summed E-state index contributed by atoms with van der Waals surface area (Å²) in [6.07, 6.45) is 2.00. The van der Waals surface area contributed by atoms with Gasteiger partial charge >= 0.3 is 0 Å². The number of anilines is 1. The second-order valence-corrected chi connectivity index (χ2v) is 7.87. The van der Waals surface area contributed by atoms with Crippen LogP contribution in [-0.4, -0.2) is 33.5 Å². The zero-order valence-electron chi connectivity index (χ0n) is 11.3. The maximum absolute atomic E-state index is 12.5. The van der Waals surface area contributed by atoms with Crippen LogP contribution in [0.2, 0.25) is 0 Å². The van der Waals surface area contributed by atoms with Crippen molar-refractivity contribution in [3.63, 3.8) is 0 Å².